The lowest BCUT2D eigenvalue weighted by molar-refractivity contribution is 0.0850. The largest absolute Gasteiger partial charge is 0.484 e. The Kier molecular flexibility index (Phi) is 3.03. The molecule has 2 aromatic rings. The molecule has 1 heterocycles. The van der Waals surface area contributed by atoms with Crippen LogP contribution in [0.15, 0.2) is 42.5 Å². The summed E-state index contributed by atoms with van der Waals surface area (Å²) in [5.41, 5.74) is 2.73. The van der Waals surface area contributed by atoms with Gasteiger partial charge >= 0.3 is 0 Å². The van der Waals surface area contributed by atoms with E-state index in [9.17, 15) is 4.79 Å². The molecule has 0 aliphatic carbocycles. The van der Waals surface area contributed by atoms with Gasteiger partial charge in [0.25, 0.3) is 0 Å². The summed E-state index contributed by atoms with van der Waals surface area (Å²) in [5.74, 6) is 0.798. The summed E-state index contributed by atoms with van der Waals surface area (Å²) in [5, 5.41) is 0.682. The number of carbonyl (C=O) groups excluding carboxylic acids is 1. The zero-order valence-corrected chi connectivity index (χ0v) is 11.3. The average molecular weight is 273 g/mol. The number of carbonyl (C=O) groups is 1. The molecule has 3 rings (SSSR count). The number of benzene rings is 2. The van der Waals surface area contributed by atoms with Gasteiger partial charge in [-0.1, -0.05) is 35.4 Å². The molecule has 0 amide bonds. The van der Waals surface area contributed by atoms with Crippen LogP contribution in [-0.4, -0.2) is 5.78 Å². The van der Waals surface area contributed by atoms with Crippen molar-refractivity contribution in [3.63, 3.8) is 0 Å². The summed E-state index contributed by atoms with van der Waals surface area (Å²) in [6.07, 6.45) is 0.151. The smallest absolute Gasteiger partial charge is 0.170 e. The maximum absolute atomic E-state index is 12.2. The van der Waals surface area contributed by atoms with Crippen LogP contribution in [-0.2, 0) is 0 Å². The van der Waals surface area contributed by atoms with Crippen LogP contribution in [0.5, 0.6) is 5.75 Å². The number of ether oxygens (including phenoxy) is 1. The van der Waals surface area contributed by atoms with Crippen LogP contribution in [0.3, 0.4) is 0 Å². The predicted molar refractivity (Wildman–Crippen MR) is 74.9 cm³/mol. The molecule has 0 N–H and O–H groups in total. The summed E-state index contributed by atoms with van der Waals surface area (Å²) in [6.45, 7) is 1.97. The second kappa shape index (κ2) is 4.71. The van der Waals surface area contributed by atoms with Gasteiger partial charge in [0.05, 0.1) is 12.0 Å². The second-order valence-electron chi connectivity index (χ2n) is 4.78. The third-order valence-electron chi connectivity index (χ3n) is 3.32. The van der Waals surface area contributed by atoms with Crippen molar-refractivity contribution in [2.45, 2.75) is 19.4 Å². The Morgan fingerprint density at radius 2 is 1.89 bits per heavy atom. The molecule has 19 heavy (non-hydrogen) atoms. The molecule has 1 aliphatic heterocycles. The molecular formula is C16H13ClO2. The summed E-state index contributed by atoms with van der Waals surface area (Å²) >= 11 is 5.87. The summed E-state index contributed by atoms with van der Waals surface area (Å²) in [6, 6.07) is 13.1. The number of hydrogen-bond donors (Lipinski definition) is 0. The van der Waals surface area contributed by atoms with E-state index in [-0.39, 0.29) is 11.9 Å². The molecule has 0 aromatic heterocycles. The Morgan fingerprint density at radius 3 is 2.63 bits per heavy atom. The van der Waals surface area contributed by atoms with Crippen LogP contribution >= 0.6 is 11.6 Å². The molecule has 1 unspecified atom stereocenters. The van der Waals surface area contributed by atoms with Gasteiger partial charge in [-0.15, -0.1) is 0 Å². The van der Waals surface area contributed by atoms with Crippen molar-refractivity contribution in [3.8, 4) is 5.75 Å². The quantitative estimate of drug-likeness (QED) is 0.771. The molecule has 0 bridgehead atoms. The lowest BCUT2D eigenvalue weighted by Crippen LogP contribution is -2.20. The Balaban J connectivity index is 1.95. The average Bonchev–Trinajstić information content (AvgIpc) is 2.40. The standard InChI is InChI=1S/C16H13ClO2/c1-10-2-7-15-13(8-10)14(18)9-16(19-15)11-3-5-12(17)6-4-11/h2-8,16H,9H2,1H3. The molecule has 2 aromatic carbocycles. The molecule has 1 aliphatic rings. The zero-order chi connectivity index (χ0) is 13.4. The lowest BCUT2D eigenvalue weighted by Gasteiger charge is -2.25. The number of ketones is 1. The molecule has 3 heteroatoms. The highest BCUT2D eigenvalue weighted by Gasteiger charge is 2.27. The normalized spacial score (nSPS) is 17.8. The van der Waals surface area contributed by atoms with Crippen molar-refractivity contribution in [2.75, 3.05) is 0 Å². The van der Waals surface area contributed by atoms with E-state index in [4.69, 9.17) is 16.3 Å². The van der Waals surface area contributed by atoms with Gasteiger partial charge in [-0.25, -0.2) is 0 Å². The number of Topliss-reactive ketones (excluding diaryl/α,β-unsaturated/α-hetero) is 1. The highest BCUT2D eigenvalue weighted by atomic mass is 35.5. The van der Waals surface area contributed by atoms with Gasteiger partial charge in [0.2, 0.25) is 0 Å². The summed E-state index contributed by atoms with van der Waals surface area (Å²) < 4.78 is 5.92. The molecule has 2 nitrogen and oxygen atoms in total. The lowest BCUT2D eigenvalue weighted by atomic mass is 9.95. The molecule has 96 valence electrons. The van der Waals surface area contributed by atoms with Gasteiger partial charge in [0.1, 0.15) is 11.9 Å². The number of aryl methyl sites for hydroxylation is 1. The van der Waals surface area contributed by atoms with Gasteiger partial charge in [-0.05, 0) is 36.8 Å². The Labute approximate surface area is 117 Å². The number of rotatable bonds is 1. The van der Waals surface area contributed by atoms with Crippen LogP contribution in [0.4, 0.5) is 0 Å². The van der Waals surface area contributed by atoms with Crippen LogP contribution < -0.4 is 4.74 Å². The molecule has 0 saturated carbocycles. The maximum atomic E-state index is 12.2. The topological polar surface area (TPSA) is 26.3 Å². The van der Waals surface area contributed by atoms with Crippen molar-refractivity contribution in [1.29, 1.82) is 0 Å². The highest BCUT2D eigenvalue weighted by molar-refractivity contribution is 6.30. The van der Waals surface area contributed by atoms with Crippen LogP contribution in [0, 0.1) is 6.92 Å². The van der Waals surface area contributed by atoms with Crippen molar-refractivity contribution in [2.24, 2.45) is 0 Å². The van der Waals surface area contributed by atoms with E-state index in [2.05, 4.69) is 0 Å². The van der Waals surface area contributed by atoms with Crippen LogP contribution in [0.1, 0.15) is 34.0 Å². The molecule has 0 spiro atoms. The molecule has 1 atom stereocenters. The fourth-order valence-electron chi connectivity index (χ4n) is 2.30. The fraction of sp³-hybridized carbons (Fsp3) is 0.188. The minimum Gasteiger partial charge on any atom is -0.484 e. The number of halogens is 1. The SMILES string of the molecule is Cc1ccc2c(c1)C(=O)CC(c1ccc(Cl)cc1)O2. The van der Waals surface area contributed by atoms with E-state index in [0.29, 0.717) is 22.8 Å². The Hall–Kier alpha value is -1.80. The fourth-order valence-corrected chi connectivity index (χ4v) is 2.43. The first kappa shape index (κ1) is 12.2. The van der Waals surface area contributed by atoms with Gasteiger partial charge in [0, 0.05) is 5.02 Å². The first-order valence-electron chi connectivity index (χ1n) is 6.19. The highest BCUT2D eigenvalue weighted by Crippen LogP contribution is 2.35. The minimum atomic E-state index is -0.222. The minimum absolute atomic E-state index is 0.130. The summed E-state index contributed by atoms with van der Waals surface area (Å²) in [7, 11) is 0. The van der Waals surface area contributed by atoms with Crippen molar-refractivity contribution < 1.29 is 9.53 Å². The van der Waals surface area contributed by atoms with E-state index in [0.717, 1.165) is 11.1 Å². The zero-order valence-electron chi connectivity index (χ0n) is 10.5. The van der Waals surface area contributed by atoms with E-state index in [1.54, 1.807) is 0 Å². The van der Waals surface area contributed by atoms with Crippen molar-refractivity contribution in [1.82, 2.24) is 0 Å². The first-order valence-corrected chi connectivity index (χ1v) is 6.57. The van der Waals surface area contributed by atoms with Gasteiger partial charge in [-0.2, -0.15) is 0 Å². The van der Waals surface area contributed by atoms with E-state index < -0.39 is 0 Å². The van der Waals surface area contributed by atoms with Crippen LogP contribution in [0.2, 0.25) is 5.02 Å². The van der Waals surface area contributed by atoms with E-state index in [1.165, 1.54) is 0 Å². The van der Waals surface area contributed by atoms with Gasteiger partial charge < -0.3 is 4.74 Å². The maximum Gasteiger partial charge on any atom is 0.170 e. The molecule has 0 saturated heterocycles. The number of hydrogen-bond acceptors (Lipinski definition) is 2. The third-order valence-corrected chi connectivity index (χ3v) is 3.57. The third kappa shape index (κ3) is 2.36. The van der Waals surface area contributed by atoms with Crippen molar-refractivity contribution >= 4 is 17.4 Å². The van der Waals surface area contributed by atoms with Gasteiger partial charge in [-0.3, -0.25) is 4.79 Å². The Morgan fingerprint density at radius 1 is 1.16 bits per heavy atom. The predicted octanol–water partition coefficient (Wildman–Crippen LogP) is 4.35. The van der Waals surface area contributed by atoms with Crippen LogP contribution in [0.25, 0.3) is 0 Å². The molecule has 0 radical (unpaired) electrons. The monoisotopic (exact) mass is 272 g/mol. The molecular weight excluding hydrogens is 260 g/mol. The van der Waals surface area contributed by atoms with Gasteiger partial charge in [0.15, 0.2) is 5.78 Å². The first-order chi connectivity index (χ1) is 9.13. The second-order valence-corrected chi connectivity index (χ2v) is 5.22. The van der Waals surface area contributed by atoms with E-state index >= 15 is 0 Å². The van der Waals surface area contributed by atoms with E-state index in [1.807, 2.05) is 49.4 Å². The van der Waals surface area contributed by atoms with Crippen molar-refractivity contribution in [3.05, 3.63) is 64.2 Å². The number of fused-ring (bicyclic) bond motifs is 1. The summed E-state index contributed by atoms with van der Waals surface area (Å²) in [4.78, 5) is 12.2. The molecule has 0 fully saturated rings. The Bertz CT molecular complexity index is 632.